The van der Waals surface area contributed by atoms with Gasteiger partial charge in [0.05, 0.1) is 4.47 Å². The quantitative estimate of drug-likeness (QED) is 0.760. The van der Waals surface area contributed by atoms with E-state index in [2.05, 4.69) is 60.2 Å². The molecule has 0 aliphatic rings. The summed E-state index contributed by atoms with van der Waals surface area (Å²) in [6, 6.07) is 9.88. The lowest BCUT2D eigenvalue weighted by atomic mass is 10.00. The number of nitrogens with one attached hydrogen (secondary N) is 1. The second-order valence-corrected chi connectivity index (χ2v) is 6.16. The van der Waals surface area contributed by atoms with Crippen LogP contribution in [0.15, 0.2) is 34.8 Å². The average molecular weight is 336 g/mol. The van der Waals surface area contributed by atoms with Crippen molar-refractivity contribution in [3.63, 3.8) is 0 Å². The summed E-state index contributed by atoms with van der Waals surface area (Å²) >= 11 is 3.21. The Morgan fingerprint density at radius 2 is 1.75 bits per heavy atom. The van der Waals surface area contributed by atoms with Gasteiger partial charge in [-0.05, 0) is 72.4 Å². The number of anilines is 1. The van der Waals surface area contributed by atoms with Crippen molar-refractivity contribution in [2.45, 2.75) is 33.7 Å². The van der Waals surface area contributed by atoms with Gasteiger partial charge in [-0.15, -0.1) is 0 Å². The van der Waals surface area contributed by atoms with Crippen LogP contribution in [0.1, 0.15) is 35.2 Å². The molecule has 20 heavy (non-hydrogen) atoms. The summed E-state index contributed by atoms with van der Waals surface area (Å²) in [4.78, 5) is 0. The molecule has 0 amide bonds. The van der Waals surface area contributed by atoms with Crippen molar-refractivity contribution in [2.24, 2.45) is 0 Å². The molecule has 0 bridgehead atoms. The van der Waals surface area contributed by atoms with Gasteiger partial charge >= 0.3 is 0 Å². The molecule has 1 nitrogen and oxygen atoms in total. The lowest BCUT2D eigenvalue weighted by molar-refractivity contribution is 0.620. The van der Waals surface area contributed by atoms with Crippen LogP contribution in [0.2, 0.25) is 0 Å². The van der Waals surface area contributed by atoms with Crippen LogP contribution in [-0.2, 0) is 0 Å². The first-order valence-electron chi connectivity index (χ1n) is 6.68. The minimum Gasteiger partial charge on any atom is -0.378 e. The van der Waals surface area contributed by atoms with Gasteiger partial charge in [0, 0.05) is 11.7 Å². The molecule has 2 aromatic carbocycles. The third-order valence-corrected chi connectivity index (χ3v) is 4.14. The minimum absolute atomic E-state index is 0.134. The van der Waals surface area contributed by atoms with Crippen LogP contribution in [0.25, 0.3) is 0 Å². The molecule has 1 N–H and O–H groups in total. The number of halogens is 2. The van der Waals surface area contributed by atoms with Crippen LogP contribution in [0.5, 0.6) is 0 Å². The number of rotatable bonds is 3. The summed E-state index contributed by atoms with van der Waals surface area (Å²) in [5.74, 6) is -0.245. The molecule has 0 saturated heterocycles. The van der Waals surface area contributed by atoms with Gasteiger partial charge < -0.3 is 5.32 Å². The summed E-state index contributed by atoms with van der Waals surface area (Å²) < 4.78 is 14.2. The maximum atomic E-state index is 13.7. The van der Waals surface area contributed by atoms with Crippen LogP contribution in [0.3, 0.4) is 0 Å². The van der Waals surface area contributed by atoms with Crippen LogP contribution >= 0.6 is 15.9 Å². The van der Waals surface area contributed by atoms with E-state index in [0.29, 0.717) is 4.47 Å². The third kappa shape index (κ3) is 3.21. The van der Waals surface area contributed by atoms with Crippen molar-refractivity contribution in [2.75, 3.05) is 5.32 Å². The molecule has 0 fully saturated rings. The van der Waals surface area contributed by atoms with Gasteiger partial charge in [0.2, 0.25) is 0 Å². The standard InChI is InChI=1S/C17H19BrFN/c1-10-5-6-14(11(2)7-10)13(4)20-17-9-16(19)15(18)8-12(17)3/h5-9,13,20H,1-4H3. The molecule has 1 unspecified atom stereocenters. The highest BCUT2D eigenvalue weighted by atomic mass is 79.9. The largest absolute Gasteiger partial charge is 0.378 e. The molecule has 0 aliphatic carbocycles. The van der Waals surface area contributed by atoms with Crippen molar-refractivity contribution in [1.82, 2.24) is 0 Å². The summed E-state index contributed by atoms with van der Waals surface area (Å²) in [6.45, 7) is 8.26. The molecule has 0 aliphatic heterocycles. The fourth-order valence-electron chi connectivity index (χ4n) is 2.42. The normalized spacial score (nSPS) is 12.3. The van der Waals surface area contributed by atoms with Gasteiger partial charge in [-0.3, -0.25) is 0 Å². The van der Waals surface area contributed by atoms with E-state index in [9.17, 15) is 4.39 Å². The van der Waals surface area contributed by atoms with Crippen molar-refractivity contribution in [1.29, 1.82) is 0 Å². The number of hydrogen-bond acceptors (Lipinski definition) is 1. The smallest absolute Gasteiger partial charge is 0.139 e. The molecule has 0 radical (unpaired) electrons. The van der Waals surface area contributed by atoms with E-state index >= 15 is 0 Å². The van der Waals surface area contributed by atoms with Crippen molar-refractivity contribution in [3.05, 3.63) is 62.9 Å². The zero-order valence-electron chi connectivity index (χ0n) is 12.2. The molecule has 0 spiro atoms. The highest BCUT2D eigenvalue weighted by molar-refractivity contribution is 9.10. The van der Waals surface area contributed by atoms with E-state index in [1.54, 1.807) is 12.1 Å². The Morgan fingerprint density at radius 1 is 1.05 bits per heavy atom. The van der Waals surface area contributed by atoms with Gasteiger partial charge in [-0.2, -0.15) is 0 Å². The number of aryl methyl sites for hydroxylation is 3. The zero-order chi connectivity index (χ0) is 14.9. The van der Waals surface area contributed by atoms with Gasteiger partial charge in [0.1, 0.15) is 5.82 Å². The average Bonchev–Trinajstić information content (AvgIpc) is 2.35. The second kappa shape index (κ2) is 5.96. The zero-order valence-corrected chi connectivity index (χ0v) is 13.8. The van der Waals surface area contributed by atoms with Gasteiger partial charge in [-0.1, -0.05) is 23.8 Å². The van der Waals surface area contributed by atoms with Crippen LogP contribution in [0.4, 0.5) is 10.1 Å². The lowest BCUT2D eigenvalue weighted by Gasteiger charge is -2.20. The Hall–Kier alpha value is -1.35. The molecule has 0 saturated carbocycles. The highest BCUT2D eigenvalue weighted by Crippen LogP contribution is 2.28. The maximum Gasteiger partial charge on any atom is 0.139 e. The number of benzene rings is 2. The summed E-state index contributed by atoms with van der Waals surface area (Å²) in [5.41, 5.74) is 5.59. The molecule has 106 valence electrons. The first-order chi connectivity index (χ1) is 9.38. The van der Waals surface area contributed by atoms with Crippen molar-refractivity contribution < 1.29 is 4.39 Å². The van der Waals surface area contributed by atoms with E-state index in [1.165, 1.54) is 16.7 Å². The topological polar surface area (TPSA) is 12.0 Å². The molecule has 2 aromatic rings. The van der Waals surface area contributed by atoms with Crippen molar-refractivity contribution >= 4 is 21.6 Å². The fraction of sp³-hybridized carbons (Fsp3) is 0.294. The summed E-state index contributed by atoms with van der Waals surface area (Å²) in [5, 5.41) is 3.39. The SMILES string of the molecule is Cc1ccc(C(C)Nc2cc(F)c(Br)cc2C)c(C)c1. The van der Waals surface area contributed by atoms with Crippen LogP contribution < -0.4 is 5.32 Å². The van der Waals surface area contributed by atoms with E-state index in [1.807, 2.05) is 6.92 Å². The summed E-state index contributed by atoms with van der Waals surface area (Å²) in [7, 11) is 0. The monoisotopic (exact) mass is 335 g/mol. The first kappa shape index (κ1) is 15.0. The molecule has 2 rings (SSSR count). The van der Waals surface area contributed by atoms with Gasteiger partial charge in [-0.25, -0.2) is 4.39 Å². The Balaban J connectivity index is 2.27. The highest BCUT2D eigenvalue weighted by Gasteiger charge is 2.11. The lowest BCUT2D eigenvalue weighted by Crippen LogP contribution is -2.09. The maximum absolute atomic E-state index is 13.7. The van der Waals surface area contributed by atoms with Gasteiger partial charge in [0.25, 0.3) is 0 Å². The first-order valence-corrected chi connectivity index (χ1v) is 7.47. The van der Waals surface area contributed by atoms with Crippen LogP contribution in [-0.4, -0.2) is 0 Å². The number of hydrogen-bond donors (Lipinski definition) is 1. The van der Waals surface area contributed by atoms with E-state index in [4.69, 9.17) is 0 Å². The van der Waals surface area contributed by atoms with E-state index in [0.717, 1.165) is 11.3 Å². The Kier molecular flexibility index (Phi) is 4.48. The molecule has 0 heterocycles. The fourth-order valence-corrected chi connectivity index (χ4v) is 2.88. The molecular formula is C17H19BrFN. The molecule has 3 heteroatoms. The second-order valence-electron chi connectivity index (χ2n) is 5.31. The predicted octanol–water partition coefficient (Wildman–Crippen LogP) is 5.69. The Labute approximate surface area is 128 Å². The Bertz CT molecular complexity index is 637. The minimum atomic E-state index is -0.245. The van der Waals surface area contributed by atoms with Gasteiger partial charge in [0.15, 0.2) is 0 Å². The van der Waals surface area contributed by atoms with E-state index in [-0.39, 0.29) is 11.9 Å². The van der Waals surface area contributed by atoms with Crippen molar-refractivity contribution in [3.8, 4) is 0 Å². The molecular weight excluding hydrogens is 317 g/mol. The predicted molar refractivity (Wildman–Crippen MR) is 86.8 cm³/mol. The van der Waals surface area contributed by atoms with E-state index < -0.39 is 0 Å². The van der Waals surface area contributed by atoms with Crippen LogP contribution in [0, 0.1) is 26.6 Å². The molecule has 0 aromatic heterocycles. The Morgan fingerprint density at radius 3 is 2.40 bits per heavy atom. The summed E-state index contributed by atoms with van der Waals surface area (Å²) in [6.07, 6.45) is 0. The third-order valence-electron chi connectivity index (χ3n) is 3.53. The molecule has 1 atom stereocenters.